The highest BCUT2D eigenvalue weighted by Crippen LogP contribution is 2.14. The Kier molecular flexibility index (Phi) is 7.52. The Balaban J connectivity index is 0.00000361. The van der Waals surface area contributed by atoms with Crippen LogP contribution >= 0.6 is 12.4 Å². The molecule has 118 valence electrons. The van der Waals surface area contributed by atoms with E-state index in [4.69, 9.17) is 0 Å². The standard InChI is InChI=1S/C14H27N3O2.ClH/c1-10(16-13(19)14(2,3)4)12(18)17(5)11-6-8-15-9-7-11;/h10-11,15H,6-9H2,1-5H3,(H,16,19);1H. The number of amides is 2. The molecule has 5 nitrogen and oxygen atoms in total. The maximum Gasteiger partial charge on any atom is 0.244 e. The summed E-state index contributed by atoms with van der Waals surface area (Å²) in [5.74, 6) is -0.100. The van der Waals surface area contributed by atoms with E-state index in [0.29, 0.717) is 0 Å². The third kappa shape index (κ3) is 5.29. The number of hydrogen-bond donors (Lipinski definition) is 2. The van der Waals surface area contributed by atoms with Crippen molar-refractivity contribution >= 4 is 24.2 Å². The van der Waals surface area contributed by atoms with E-state index in [1.54, 1.807) is 11.8 Å². The SMILES string of the molecule is CC(NC(=O)C(C)(C)C)C(=O)N(C)C1CCNCC1.Cl. The van der Waals surface area contributed by atoms with Crippen LogP contribution in [0.15, 0.2) is 0 Å². The summed E-state index contributed by atoms with van der Waals surface area (Å²) in [7, 11) is 1.83. The zero-order valence-electron chi connectivity index (χ0n) is 13.2. The lowest BCUT2D eigenvalue weighted by Gasteiger charge is -2.34. The minimum atomic E-state index is -0.470. The maximum atomic E-state index is 12.3. The van der Waals surface area contributed by atoms with Crippen LogP contribution in [-0.4, -0.2) is 48.9 Å². The topological polar surface area (TPSA) is 61.4 Å². The minimum absolute atomic E-state index is 0. The van der Waals surface area contributed by atoms with Crippen molar-refractivity contribution < 1.29 is 9.59 Å². The first-order valence-corrected chi connectivity index (χ1v) is 7.02. The van der Waals surface area contributed by atoms with Crippen LogP contribution in [0.3, 0.4) is 0 Å². The largest absolute Gasteiger partial charge is 0.344 e. The van der Waals surface area contributed by atoms with Crippen LogP contribution in [0.5, 0.6) is 0 Å². The van der Waals surface area contributed by atoms with Crippen LogP contribution in [0.2, 0.25) is 0 Å². The fourth-order valence-corrected chi connectivity index (χ4v) is 2.15. The number of hydrogen-bond acceptors (Lipinski definition) is 3. The van der Waals surface area contributed by atoms with Crippen LogP contribution < -0.4 is 10.6 Å². The molecular weight excluding hydrogens is 278 g/mol. The lowest BCUT2D eigenvalue weighted by molar-refractivity contribution is -0.139. The molecule has 0 aromatic carbocycles. The zero-order chi connectivity index (χ0) is 14.6. The molecule has 2 amide bonds. The van der Waals surface area contributed by atoms with Gasteiger partial charge in [-0.2, -0.15) is 0 Å². The van der Waals surface area contributed by atoms with Gasteiger partial charge in [-0.3, -0.25) is 9.59 Å². The highest BCUT2D eigenvalue weighted by molar-refractivity contribution is 5.89. The van der Waals surface area contributed by atoms with Crippen molar-refractivity contribution in [3.8, 4) is 0 Å². The summed E-state index contributed by atoms with van der Waals surface area (Å²) >= 11 is 0. The van der Waals surface area contributed by atoms with E-state index in [0.717, 1.165) is 25.9 Å². The van der Waals surface area contributed by atoms with Gasteiger partial charge in [0.2, 0.25) is 11.8 Å². The molecule has 1 atom stereocenters. The molecule has 0 saturated carbocycles. The van der Waals surface area contributed by atoms with Gasteiger partial charge in [-0.15, -0.1) is 12.4 Å². The van der Waals surface area contributed by atoms with Crippen molar-refractivity contribution in [2.45, 2.75) is 52.6 Å². The Bertz CT molecular complexity index is 336. The summed E-state index contributed by atoms with van der Waals surface area (Å²) in [5, 5.41) is 6.08. The van der Waals surface area contributed by atoms with Crippen LogP contribution in [0.25, 0.3) is 0 Å². The molecule has 0 spiro atoms. The Labute approximate surface area is 128 Å². The summed E-state index contributed by atoms with van der Waals surface area (Å²) in [6, 6.07) is -0.186. The summed E-state index contributed by atoms with van der Waals surface area (Å²) in [6.45, 7) is 9.18. The summed E-state index contributed by atoms with van der Waals surface area (Å²) in [6.07, 6.45) is 1.95. The smallest absolute Gasteiger partial charge is 0.244 e. The first-order chi connectivity index (χ1) is 8.73. The molecule has 1 aliphatic heterocycles. The quantitative estimate of drug-likeness (QED) is 0.823. The highest BCUT2D eigenvalue weighted by Gasteiger charge is 2.29. The molecule has 1 unspecified atom stereocenters. The van der Waals surface area contributed by atoms with Gasteiger partial charge in [0.15, 0.2) is 0 Å². The van der Waals surface area contributed by atoms with E-state index in [1.807, 2.05) is 27.8 Å². The summed E-state index contributed by atoms with van der Waals surface area (Å²) in [4.78, 5) is 26.0. The number of nitrogens with one attached hydrogen (secondary N) is 2. The molecule has 0 aromatic rings. The number of carbonyl (C=O) groups excluding carboxylic acids is 2. The highest BCUT2D eigenvalue weighted by atomic mass is 35.5. The Hall–Kier alpha value is -0.810. The molecule has 6 heteroatoms. The molecule has 0 bridgehead atoms. The van der Waals surface area contributed by atoms with Gasteiger partial charge in [-0.25, -0.2) is 0 Å². The van der Waals surface area contributed by atoms with E-state index >= 15 is 0 Å². The maximum absolute atomic E-state index is 12.3. The average Bonchev–Trinajstić information content (AvgIpc) is 2.36. The third-order valence-electron chi connectivity index (χ3n) is 3.60. The monoisotopic (exact) mass is 305 g/mol. The molecule has 0 aliphatic carbocycles. The number of carbonyl (C=O) groups is 2. The normalized spacial score (nSPS) is 17.9. The van der Waals surface area contributed by atoms with Crippen molar-refractivity contribution in [2.24, 2.45) is 5.41 Å². The predicted molar refractivity (Wildman–Crippen MR) is 83.0 cm³/mol. The number of rotatable bonds is 3. The van der Waals surface area contributed by atoms with Crippen molar-refractivity contribution in [3.05, 3.63) is 0 Å². The Morgan fingerprint density at radius 1 is 1.25 bits per heavy atom. The van der Waals surface area contributed by atoms with Gasteiger partial charge < -0.3 is 15.5 Å². The van der Waals surface area contributed by atoms with Crippen LogP contribution in [0, 0.1) is 5.41 Å². The first kappa shape index (κ1) is 19.2. The van der Waals surface area contributed by atoms with Gasteiger partial charge in [0.05, 0.1) is 0 Å². The minimum Gasteiger partial charge on any atom is -0.344 e. The van der Waals surface area contributed by atoms with Crippen molar-refractivity contribution in [1.82, 2.24) is 15.5 Å². The van der Waals surface area contributed by atoms with Gasteiger partial charge in [-0.1, -0.05) is 20.8 Å². The molecule has 0 aromatic heterocycles. The van der Waals surface area contributed by atoms with Gasteiger partial charge in [-0.05, 0) is 32.9 Å². The number of piperidine rings is 1. The van der Waals surface area contributed by atoms with E-state index < -0.39 is 11.5 Å². The first-order valence-electron chi connectivity index (χ1n) is 7.02. The Morgan fingerprint density at radius 3 is 2.20 bits per heavy atom. The fraction of sp³-hybridized carbons (Fsp3) is 0.857. The molecule has 1 rings (SSSR count). The van der Waals surface area contributed by atoms with E-state index in [-0.39, 0.29) is 30.3 Å². The van der Waals surface area contributed by atoms with Gasteiger partial charge in [0.1, 0.15) is 6.04 Å². The second kappa shape index (κ2) is 7.84. The molecular formula is C14H28ClN3O2. The van der Waals surface area contributed by atoms with E-state index in [9.17, 15) is 9.59 Å². The molecule has 1 saturated heterocycles. The Morgan fingerprint density at radius 2 is 1.75 bits per heavy atom. The lowest BCUT2D eigenvalue weighted by Crippen LogP contribution is -2.52. The summed E-state index contributed by atoms with van der Waals surface area (Å²) < 4.78 is 0. The number of halogens is 1. The molecule has 20 heavy (non-hydrogen) atoms. The predicted octanol–water partition coefficient (Wildman–Crippen LogP) is 1.17. The summed E-state index contributed by atoms with van der Waals surface area (Å²) in [5.41, 5.74) is -0.470. The molecule has 1 aliphatic rings. The fourth-order valence-electron chi connectivity index (χ4n) is 2.15. The van der Waals surface area contributed by atoms with E-state index in [1.165, 1.54) is 0 Å². The van der Waals surface area contributed by atoms with Gasteiger partial charge in [0.25, 0.3) is 0 Å². The van der Waals surface area contributed by atoms with Gasteiger partial charge in [0, 0.05) is 18.5 Å². The second-order valence-corrected chi connectivity index (χ2v) is 6.38. The lowest BCUT2D eigenvalue weighted by atomic mass is 9.95. The molecule has 2 N–H and O–H groups in total. The number of nitrogens with zero attached hydrogens (tertiary/aromatic N) is 1. The average molecular weight is 306 g/mol. The van der Waals surface area contributed by atoms with E-state index in [2.05, 4.69) is 10.6 Å². The molecule has 1 heterocycles. The second-order valence-electron chi connectivity index (χ2n) is 6.38. The van der Waals surface area contributed by atoms with Gasteiger partial charge >= 0.3 is 0 Å². The van der Waals surface area contributed by atoms with Crippen molar-refractivity contribution in [2.75, 3.05) is 20.1 Å². The molecule has 0 radical (unpaired) electrons. The van der Waals surface area contributed by atoms with Crippen molar-refractivity contribution in [1.29, 1.82) is 0 Å². The third-order valence-corrected chi connectivity index (χ3v) is 3.60. The van der Waals surface area contributed by atoms with Crippen LogP contribution in [-0.2, 0) is 9.59 Å². The van der Waals surface area contributed by atoms with Crippen LogP contribution in [0.1, 0.15) is 40.5 Å². The zero-order valence-corrected chi connectivity index (χ0v) is 14.0. The molecule has 1 fully saturated rings. The van der Waals surface area contributed by atoms with Crippen molar-refractivity contribution in [3.63, 3.8) is 0 Å². The van der Waals surface area contributed by atoms with Crippen LogP contribution in [0.4, 0.5) is 0 Å². The number of likely N-dealkylation sites (N-methyl/N-ethyl adjacent to an activating group) is 1.